The van der Waals surface area contributed by atoms with Crippen LogP contribution in [0.1, 0.15) is 17.2 Å². The van der Waals surface area contributed by atoms with Crippen LogP contribution in [-0.2, 0) is 11.2 Å². The molecule has 1 amide bonds. The maximum atomic E-state index is 12.7. The second-order valence-corrected chi connectivity index (χ2v) is 7.90. The van der Waals surface area contributed by atoms with Crippen molar-refractivity contribution in [1.29, 1.82) is 0 Å². The summed E-state index contributed by atoms with van der Waals surface area (Å²) in [5.41, 5.74) is 2.43. The number of rotatable bonds is 2. The highest BCUT2D eigenvalue weighted by Gasteiger charge is 2.29. The molecule has 0 aromatic heterocycles. The standard InChI is InChI=1S/C19H18ClNO4S/c20-12-1-3-13(4-2-12)21-19(23)18-8-11-7-16-17(25-6-5-24-16)9-14(11)15(22)10-26-18/h1-4,7,9,15,18,22H,5-6,8,10H2,(H,21,23). The third-order valence-electron chi connectivity index (χ3n) is 4.43. The highest BCUT2D eigenvalue weighted by atomic mass is 35.5. The van der Waals surface area contributed by atoms with Crippen LogP contribution in [0.15, 0.2) is 36.4 Å². The molecule has 2 heterocycles. The van der Waals surface area contributed by atoms with Crippen molar-refractivity contribution >= 4 is 35.0 Å². The van der Waals surface area contributed by atoms with Gasteiger partial charge in [-0.3, -0.25) is 4.79 Å². The van der Waals surface area contributed by atoms with Gasteiger partial charge in [-0.1, -0.05) is 11.6 Å². The number of halogens is 1. The molecule has 2 N–H and O–H groups in total. The van der Waals surface area contributed by atoms with E-state index >= 15 is 0 Å². The van der Waals surface area contributed by atoms with Crippen LogP contribution in [0.5, 0.6) is 11.5 Å². The Morgan fingerprint density at radius 1 is 1.15 bits per heavy atom. The third kappa shape index (κ3) is 3.63. The molecule has 2 unspecified atom stereocenters. The van der Waals surface area contributed by atoms with Gasteiger partial charge in [-0.15, -0.1) is 11.8 Å². The fraction of sp³-hybridized carbons (Fsp3) is 0.316. The van der Waals surface area contributed by atoms with Crippen LogP contribution >= 0.6 is 23.4 Å². The minimum Gasteiger partial charge on any atom is -0.486 e. The molecule has 136 valence electrons. The first-order valence-corrected chi connectivity index (χ1v) is 9.81. The second kappa shape index (κ2) is 7.39. The van der Waals surface area contributed by atoms with E-state index in [-0.39, 0.29) is 11.2 Å². The molecule has 2 aliphatic heterocycles. The smallest absolute Gasteiger partial charge is 0.237 e. The molecule has 0 aliphatic carbocycles. The predicted octanol–water partition coefficient (Wildman–Crippen LogP) is 3.44. The first-order chi connectivity index (χ1) is 12.6. The molecule has 2 aromatic rings. The minimum absolute atomic E-state index is 0.0905. The van der Waals surface area contributed by atoms with Crippen LogP contribution in [0.4, 0.5) is 5.69 Å². The van der Waals surface area contributed by atoms with Gasteiger partial charge in [-0.2, -0.15) is 0 Å². The van der Waals surface area contributed by atoms with Gasteiger partial charge in [0.1, 0.15) is 13.2 Å². The van der Waals surface area contributed by atoms with Gasteiger partial charge in [0.05, 0.1) is 11.4 Å². The Labute approximate surface area is 160 Å². The van der Waals surface area contributed by atoms with E-state index in [9.17, 15) is 9.90 Å². The van der Waals surface area contributed by atoms with E-state index in [0.29, 0.717) is 47.6 Å². The van der Waals surface area contributed by atoms with Crippen molar-refractivity contribution in [2.24, 2.45) is 0 Å². The quantitative estimate of drug-likeness (QED) is 0.820. The highest BCUT2D eigenvalue weighted by Crippen LogP contribution is 2.40. The lowest BCUT2D eigenvalue weighted by Crippen LogP contribution is -2.27. The van der Waals surface area contributed by atoms with E-state index in [4.69, 9.17) is 21.1 Å². The zero-order valence-corrected chi connectivity index (χ0v) is 15.5. The minimum atomic E-state index is -0.640. The monoisotopic (exact) mass is 391 g/mol. The van der Waals surface area contributed by atoms with Crippen LogP contribution in [0.2, 0.25) is 5.02 Å². The van der Waals surface area contributed by atoms with Crippen molar-refractivity contribution in [2.45, 2.75) is 17.8 Å². The van der Waals surface area contributed by atoms with Gasteiger partial charge in [0, 0.05) is 16.5 Å². The molecule has 2 aromatic carbocycles. The molecule has 0 fully saturated rings. The molecule has 0 saturated heterocycles. The fourth-order valence-corrected chi connectivity index (χ4v) is 4.34. The molecule has 2 atom stereocenters. The summed E-state index contributed by atoms with van der Waals surface area (Å²) in [6, 6.07) is 10.7. The van der Waals surface area contributed by atoms with Gasteiger partial charge in [0.15, 0.2) is 11.5 Å². The van der Waals surface area contributed by atoms with Gasteiger partial charge in [-0.05, 0) is 53.9 Å². The zero-order chi connectivity index (χ0) is 18.1. The van der Waals surface area contributed by atoms with Gasteiger partial charge in [-0.25, -0.2) is 0 Å². The van der Waals surface area contributed by atoms with E-state index in [1.165, 1.54) is 11.8 Å². The summed E-state index contributed by atoms with van der Waals surface area (Å²) >= 11 is 7.33. The highest BCUT2D eigenvalue weighted by molar-refractivity contribution is 8.00. The summed E-state index contributed by atoms with van der Waals surface area (Å²) in [5.74, 6) is 1.69. The molecule has 0 radical (unpaired) electrons. The van der Waals surface area contributed by atoms with Crippen molar-refractivity contribution in [2.75, 3.05) is 24.3 Å². The number of amides is 1. The Balaban J connectivity index is 1.56. The van der Waals surface area contributed by atoms with Crippen molar-refractivity contribution in [3.8, 4) is 11.5 Å². The Morgan fingerprint density at radius 3 is 2.58 bits per heavy atom. The third-order valence-corrected chi connectivity index (χ3v) is 5.97. The first-order valence-electron chi connectivity index (χ1n) is 8.38. The summed E-state index contributed by atoms with van der Waals surface area (Å²) in [6.07, 6.45) is -0.119. The SMILES string of the molecule is O=C(Nc1ccc(Cl)cc1)C1Cc2cc3c(cc2C(O)CS1)OCCO3. The lowest BCUT2D eigenvalue weighted by molar-refractivity contribution is -0.115. The Bertz CT molecular complexity index is 827. The van der Waals surface area contributed by atoms with E-state index in [1.807, 2.05) is 12.1 Å². The summed E-state index contributed by atoms with van der Waals surface area (Å²) in [6.45, 7) is 1.01. The number of fused-ring (bicyclic) bond motifs is 2. The number of aliphatic hydroxyl groups is 1. The summed E-state index contributed by atoms with van der Waals surface area (Å²) in [4.78, 5) is 12.7. The normalized spacial score (nSPS) is 21.5. The van der Waals surface area contributed by atoms with Crippen LogP contribution in [-0.4, -0.2) is 35.2 Å². The van der Waals surface area contributed by atoms with Crippen molar-refractivity contribution in [3.05, 3.63) is 52.5 Å². The van der Waals surface area contributed by atoms with Crippen LogP contribution in [0.3, 0.4) is 0 Å². The number of thioether (sulfide) groups is 1. The zero-order valence-electron chi connectivity index (χ0n) is 13.9. The number of hydrogen-bond donors (Lipinski definition) is 2. The number of carbonyl (C=O) groups excluding carboxylic acids is 1. The summed E-state index contributed by atoms with van der Waals surface area (Å²) in [7, 11) is 0. The molecule has 4 rings (SSSR count). The maximum absolute atomic E-state index is 12.7. The number of nitrogens with one attached hydrogen (secondary N) is 1. The molecule has 7 heteroatoms. The molecule has 2 aliphatic rings. The first kappa shape index (κ1) is 17.5. The lowest BCUT2D eigenvalue weighted by Gasteiger charge is -2.22. The number of hydrogen-bond acceptors (Lipinski definition) is 5. The Morgan fingerprint density at radius 2 is 1.85 bits per heavy atom. The van der Waals surface area contributed by atoms with Gasteiger partial charge in [0.2, 0.25) is 5.91 Å². The fourth-order valence-electron chi connectivity index (χ4n) is 3.11. The number of benzene rings is 2. The number of aliphatic hydroxyl groups excluding tert-OH is 1. The lowest BCUT2D eigenvalue weighted by atomic mass is 9.98. The van der Waals surface area contributed by atoms with Crippen molar-refractivity contribution < 1.29 is 19.4 Å². The molecule has 0 spiro atoms. The van der Waals surface area contributed by atoms with Crippen molar-refractivity contribution in [1.82, 2.24) is 0 Å². The maximum Gasteiger partial charge on any atom is 0.237 e. The number of carbonyl (C=O) groups is 1. The van der Waals surface area contributed by atoms with E-state index < -0.39 is 6.10 Å². The largest absolute Gasteiger partial charge is 0.486 e. The molecule has 0 saturated carbocycles. The second-order valence-electron chi connectivity index (χ2n) is 6.23. The van der Waals surface area contributed by atoms with Gasteiger partial charge < -0.3 is 19.9 Å². The average Bonchev–Trinajstić information content (AvgIpc) is 2.81. The molecule has 5 nitrogen and oxygen atoms in total. The van der Waals surface area contributed by atoms with E-state index in [0.717, 1.165) is 11.1 Å². The topological polar surface area (TPSA) is 67.8 Å². The summed E-state index contributed by atoms with van der Waals surface area (Å²) < 4.78 is 11.3. The van der Waals surface area contributed by atoms with Crippen molar-refractivity contribution in [3.63, 3.8) is 0 Å². The molecule has 26 heavy (non-hydrogen) atoms. The molecule has 0 bridgehead atoms. The summed E-state index contributed by atoms with van der Waals surface area (Å²) in [5, 5.41) is 13.7. The Kier molecular flexibility index (Phi) is 4.98. The molecular weight excluding hydrogens is 374 g/mol. The van der Waals surface area contributed by atoms with E-state index in [2.05, 4.69) is 5.32 Å². The van der Waals surface area contributed by atoms with E-state index in [1.54, 1.807) is 24.3 Å². The van der Waals surface area contributed by atoms with Crippen LogP contribution in [0, 0.1) is 0 Å². The predicted molar refractivity (Wildman–Crippen MR) is 102 cm³/mol. The van der Waals surface area contributed by atoms with Gasteiger partial charge in [0.25, 0.3) is 0 Å². The number of anilines is 1. The van der Waals surface area contributed by atoms with Gasteiger partial charge >= 0.3 is 0 Å². The Hall–Kier alpha value is -1.89. The van der Waals surface area contributed by atoms with Crippen LogP contribution in [0.25, 0.3) is 0 Å². The average molecular weight is 392 g/mol. The van der Waals surface area contributed by atoms with Crippen LogP contribution < -0.4 is 14.8 Å². The number of ether oxygens (including phenoxy) is 2. The molecular formula is C19H18ClNO4S.